The van der Waals surface area contributed by atoms with Gasteiger partial charge in [-0.15, -0.1) is 0 Å². The van der Waals surface area contributed by atoms with Gasteiger partial charge in [-0.1, -0.05) is 88.4 Å². The molecule has 0 bridgehead atoms. The van der Waals surface area contributed by atoms with E-state index in [2.05, 4.69) is 42.5 Å². The zero-order valence-corrected chi connectivity index (χ0v) is 47.3. The summed E-state index contributed by atoms with van der Waals surface area (Å²) in [6, 6.07) is 17.4. The predicted molar refractivity (Wildman–Crippen MR) is 305 cm³/mol. The Hall–Kier alpha value is -8.06. The molecule has 2 aliphatic heterocycles. The van der Waals surface area contributed by atoms with E-state index in [1.807, 2.05) is 34.0 Å². The summed E-state index contributed by atoms with van der Waals surface area (Å²) in [6.45, 7) is 7.38. The molecule has 3 unspecified atom stereocenters. The van der Waals surface area contributed by atoms with Crippen LogP contribution in [-0.2, 0) is 56.0 Å². The van der Waals surface area contributed by atoms with Crippen LogP contribution in [0.4, 0.5) is 4.79 Å². The van der Waals surface area contributed by atoms with Crippen LogP contribution in [0, 0.1) is 5.92 Å². The number of carbonyl (C=O) groups excluding carboxylic acids is 10. The van der Waals surface area contributed by atoms with Gasteiger partial charge in [0.15, 0.2) is 12.8 Å². The molecule has 0 saturated carbocycles. The number of fused-ring (bicyclic) bond motifs is 1. The lowest BCUT2D eigenvalue weighted by Crippen LogP contribution is -2.65. The molecule has 0 aliphatic carbocycles. The van der Waals surface area contributed by atoms with Gasteiger partial charge in [0.05, 0.1) is 19.0 Å². The number of amidine groups is 1. The van der Waals surface area contributed by atoms with Crippen LogP contribution < -0.4 is 58.7 Å². The van der Waals surface area contributed by atoms with E-state index >= 15 is 0 Å². The SMILES string of the molecule is CCCN1C(=O)C2NC(c3ccc(OCC(=O)NCCNC(=O)C(N)CC(=O)N[C@@H](Cc4ccccc4)C(=O)N[C@@H](Cc4ccccc4)C(=O)NCC(=O)N[C@@H](CC(C)C)C(=O)N[C@@H](CCSC)C(N)=O)cc3)=NC2N(CCC)C1=O. The molecule has 3 aromatic rings. The number of urea groups is 1. The number of aliphatic imine (C=N–C) groups is 1. The first-order valence-electron chi connectivity index (χ1n) is 27.1. The third-order valence-corrected chi connectivity index (χ3v) is 13.6. The number of carbonyl (C=O) groups is 10. The van der Waals surface area contributed by atoms with Gasteiger partial charge in [0, 0.05) is 44.6 Å². The highest BCUT2D eigenvalue weighted by atomic mass is 32.2. The van der Waals surface area contributed by atoms with Crippen LogP contribution in [0.25, 0.3) is 0 Å². The molecule has 5 rings (SSSR count). The number of hydrogen-bond acceptors (Lipinski definition) is 15. The van der Waals surface area contributed by atoms with E-state index in [4.69, 9.17) is 21.2 Å². The third kappa shape index (κ3) is 19.9. The highest BCUT2D eigenvalue weighted by Gasteiger charge is 2.49. The summed E-state index contributed by atoms with van der Waals surface area (Å²) in [5, 5.41) is 21.6. The number of hydrogen-bond donors (Lipinski definition) is 10. The maximum Gasteiger partial charge on any atom is 0.328 e. The van der Waals surface area contributed by atoms with E-state index in [9.17, 15) is 47.9 Å². The van der Waals surface area contributed by atoms with E-state index in [0.29, 0.717) is 66.4 Å². The van der Waals surface area contributed by atoms with Gasteiger partial charge in [0.1, 0.15) is 41.8 Å². The number of benzene rings is 3. The first kappa shape index (κ1) is 63.8. The number of rotatable bonds is 33. The fourth-order valence-corrected chi connectivity index (χ4v) is 9.36. The average Bonchev–Trinajstić information content (AvgIpc) is 4.17. The van der Waals surface area contributed by atoms with Crippen molar-refractivity contribution in [2.45, 2.75) is 115 Å². The normalized spacial score (nSPS) is 16.5. The third-order valence-electron chi connectivity index (χ3n) is 13.0. The number of nitrogens with one attached hydrogen (secondary N) is 8. The van der Waals surface area contributed by atoms with Crippen molar-refractivity contribution >= 4 is 76.8 Å². The molecule has 0 radical (unpaired) electrons. The monoisotopic (exact) mass is 1140 g/mol. The number of primary amides is 1. The first-order valence-corrected chi connectivity index (χ1v) is 28.5. The number of ether oxygens (including phenoxy) is 1. The van der Waals surface area contributed by atoms with Crippen LogP contribution in [0.1, 0.15) is 76.5 Å². The summed E-state index contributed by atoms with van der Waals surface area (Å²) >= 11 is 1.48. The van der Waals surface area contributed by atoms with E-state index in [0.717, 1.165) is 0 Å². The van der Waals surface area contributed by atoms with Crippen LogP contribution in [0.3, 0.4) is 0 Å². The molecule has 11 amide bonds. The van der Waals surface area contributed by atoms with Crippen LogP contribution in [0.2, 0.25) is 0 Å². The van der Waals surface area contributed by atoms with Crippen LogP contribution >= 0.6 is 11.8 Å². The van der Waals surface area contributed by atoms with Crippen molar-refractivity contribution in [1.82, 2.24) is 52.3 Å². The zero-order valence-electron chi connectivity index (χ0n) is 46.5. The summed E-state index contributed by atoms with van der Waals surface area (Å²) in [7, 11) is 0. The van der Waals surface area contributed by atoms with Crippen LogP contribution in [0.5, 0.6) is 5.75 Å². The lowest BCUT2D eigenvalue weighted by molar-refractivity contribution is -0.135. The van der Waals surface area contributed by atoms with Crippen molar-refractivity contribution in [2.75, 3.05) is 51.3 Å². The molecule has 3 aromatic carbocycles. The van der Waals surface area contributed by atoms with E-state index in [-0.39, 0.29) is 56.8 Å². The van der Waals surface area contributed by atoms with Gasteiger partial charge in [-0.25, -0.2) is 9.79 Å². The number of thioether (sulfide) groups is 1. The number of nitrogens with zero attached hydrogens (tertiary/aromatic N) is 3. The molecule has 7 atom stereocenters. The number of amides is 11. The molecule has 0 spiro atoms. The molecule has 2 aliphatic rings. The van der Waals surface area contributed by atoms with Crippen molar-refractivity contribution in [2.24, 2.45) is 22.4 Å². The van der Waals surface area contributed by atoms with E-state index in [1.165, 1.54) is 16.7 Å². The Balaban J connectivity index is 1.11. The Morgan fingerprint density at radius 1 is 0.691 bits per heavy atom. The highest BCUT2D eigenvalue weighted by molar-refractivity contribution is 7.98. The number of nitrogens with two attached hydrogens (primary N) is 2. The van der Waals surface area contributed by atoms with Gasteiger partial charge in [-0.2, -0.15) is 11.8 Å². The van der Waals surface area contributed by atoms with Gasteiger partial charge in [-0.05, 0) is 79.0 Å². The van der Waals surface area contributed by atoms with Crippen molar-refractivity contribution < 1.29 is 52.7 Å². The molecule has 0 aromatic heterocycles. The van der Waals surface area contributed by atoms with Crippen molar-refractivity contribution in [3.05, 3.63) is 102 Å². The maximum absolute atomic E-state index is 14.2. The summed E-state index contributed by atoms with van der Waals surface area (Å²) in [5.41, 5.74) is 13.7. The molecular formula is C56H77N13O11S. The standard InChI is InChI=1S/C56H77N13O11S/c1-6-25-68-50-47(55(78)69(26-7-2)56(68)79)66-49(67-50)37-18-20-38(21-19-37)80-33-46(72)59-23-24-60-51(74)39(57)31-44(70)62-43(30-36-16-12-9-13-17-36)54(77)65-42(29-35-14-10-8-11-15-35)52(75)61-32-45(71)63-41(28-34(3)4)53(76)64-40(48(58)73)22-27-81-5/h8-21,34,39-43,47,50H,6-7,22-33,57H2,1-5H3,(H2,58,73)(H,59,72)(H,60,74)(H,61,75)(H,62,70)(H,63,71)(H,64,76)(H,65,77)(H,66,67)/t39?,40-,41-,42-,43-,47?,50?/m0/s1. The summed E-state index contributed by atoms with van der Waals surface area (Å²) in [5.74, 6) is -4.38. The molecule has 438 valence electrons. The Kier molecular flexibility index (Phi) is 25.4. The first-order chi connectivity index (χ1) is 38.8. The Morgan fingerprint density at radius 3 is 1.86 bits per heavy atom. The summed E-state index contributed by atoms with van der Waals surface area (Å²) in [6.07, 6.45) is 2.50. The van der Waals surface area contributed by atoms with Gasteiger partial charge in [-0.3, -0.25) is 53.0 Å². The van der Waals surface area contributed by atoms with Crippen molar-refractivity contribution in [3.8, 4) is 5.75 Å². The van der Waals surface area contributed by atoms with Crippen molar-refractivity contribution in [3.63, 3.8) is 0 Å². The predicted octanol–water partition coefficient (Wildman–Crippen LogP) is -0.0308. The van der Waals surface area contributed by atoms with Crippen LogP contribution in [0.15, 0.2) is 89.9 Å². The maximum atomic E-state index is 14.2. The van der Waals surface area contributed by atoms with Gasteiger partial charge in [0.2, 0.25) is 41.4 Å². The van der Waals surface area contributed by atoms with E-state index in [1.54, 1.807) is 89.8 Å². The highest BCUT2D eigenvalue weighted by Crippen LogP contribution is 2.26. The van der Waals surface area contributed by atoms with Gasteiger partial charge >= 0.3 is 6.03 Å². The smallest absolute Gasteiger partial charge is 0.328 e. The molecule has 1 saturated heterocycles. The lowest BCUT2D eigenvalue weighted by Gasteiger charge is -2.40. The lowest BCUT2D eigenvalue weighted by atomic mass is 10.0. The zero-order chi connectivity index (χ0) is 59.0. The van der Waals surface area contributed by atoms with E-state index < -0.39 is 103 Å². The average molecular weight is 1140 g/mol. The summed E-state index contributed by atoms with van der Waals surface area (Å²) < 4.78 is 5.65. The second kappa shape index (κ2) is 32.3. The second-order valence-corrected chi connectivity index (χ2v) is 21.0. The topological polar surface area (TPSA) is 347 Å². The minimum atomic E-state index is -1.35. The minimum absolute atomic E-state index is 0.000494. The van der Waals surface area contributed by atoms with Gasteiger partial charge < -0.3 is 58.7 Å². The fraction of sp³-hybridized carbons (Fsp3) is 0.482. The fourth-order valence-electron chi connectivity index (χ4n) is 8.89. The molecule has 25 heteroatoms. The van der Waals surface area contributed by atoms with Crippen molar-refractivity contribution in [1.29, 1.82) is 0 Å². The van der Waals surface area contributed by atoms with Gasteiger partial charge in [0.25, 0.3) is 11.8 Å². The quantitative estimate of drug-likeness (QED) is 0.0359. The summed E-state index contributed by atoms with van der Waals surface area (Å²) in [4.78, 5) is 140. The molecule has 1 fully saturated rings. The largest absolute Gasteiger partial charge is 0.484 e. The Labute approximate surface area is 476 Å². The number of imide groups is 1. The molecule has 24 nitrogen and oxygen atoms in total. The Bertz CT molecular complexity index is 2680. The van der Waals surface area contributed by atoms with Crippen LogP contribution in [-0.4, -0.2) is 169 Å². The molecule has 12 N–H and O–H groups in total. The molecule has 2 heterocycles. The minimum Gasteiger partial charge on any atom is -0.484 e. The molecular weight excluding hydrogens is 1060 g/mol. The Morgan fingerprint density at radius 2 is 1.27 bits per heavy atom. The second-order valence-electron chi connectivity index (χ2n) is 20.0. The molecule has 81 heavy (non-hydrogen) atoms.